The number of nitrogen functional groups attached to an aromatic ring is 3. The average molecular weight is 228 g/mol. The van der Waals surface area contributed by atoms with E-state index >= 15 is 0 Å². The predicted octanol–water partition coefficient (Wildman–Crippen LogP) is 2.14. The minimum Gasteiger partial charge on any atom is -0.399 e. The lowest BCUT2D eigenvalue weighted by Crippen LogP contribution is -1.96. The molecule has 0 aliphatic heterocycles. The normalized spacial score (nSPS) is 10.2. The van der Waals surface area contributed by atoms with E-state index in [0.717, 1.165) is 16.8 Å². The van der Waals surface area contributed by atoms with Gasteiger partial charge in [-0.2, -0.15) is 0 Å². The second kappa shape index (κ2) is 4.25. The molecule has 0 aromatic heterocycles. The third-order valence-corrected chi connectivity index (χ3v) is 2.60. The van der Waals surface area contributed by atoms with Gasteiger partial charge in [-0.05, 0) is 42.0 Å². The molecule has 88 valence electrons. The van der Waals surface area contributed by atoms with Crippen molar-refractivity contribution in [1.29, 1.82) is 0 Å². The molecule has 4 heteroatoms. The van der Waals surface area contributed by atoms with E-state index in [1.54, 1.807) is 6.07 Å². The number of nitrogens with one attached hydrogen (secondary N) is 1. The molecule has 0 unspecified atom stereocenters. The van der Waals surface area contributed by atoms with Crippen LogP contribution in [0.25, 0.3) is 11.1 Å². The van der Waals surface area contributed by atoms with Crippen LogP contribution in [0, 0.1) is 0 Å². The smallest absolute Gasteiger partial charge is 0.0418 e. The second-order valence-electron chi connectivity index (χ2n) is 3.94. The maximum atomic E-state index is 5.81. The van der Waals surface area contributed by atoms with Gasteiger partial charge in [0, 0.05) is 35.4 Å². The van der Waals surface area contributed by atoms with Crippen molar-refractivity contribution in [3.63, 3.8) is 0 Å². The molecule has 0 bridgehead atoms. The number of anilines is 4. The van der Waals surface area contributed by atoms with Gasteiger partial charge in [0.2, 0.25) is 0 Å². The van der Waals surface area contributed by atoms with Crippen LogP contribution < -0.4 is 22.5 Å². The Kier molecular flexibility index (Phi) is 2.78. The molecule has 0 aliphatic rings. The van der Waals surface area contributed by atoms with E-state index in [4.69, 9.17) is 17.2 Å². The number of hydrogen-bond donors (Lipinski definition) is 4. The van der Waals surface area contributed by atoms with Crippen molar-refractivity contribution in [1.82, 2.24) is 0 Å². The summed E-state index contributed by atoms with van der Waals surface area (Å²) in [4.78, 5) is 0. The molecule has 0 amide bonds. The lowest BCUT2D eigenvalue weighted by atomic mass is 10.0. The zero-order valence-corrected chi connectivity index (χ0v) is 9.70. The lowest BCUT2D eigenvalue weighted by molar-refractivity contribution is 1.50. The highest BCUT2D eigenvalue weighted by Gasteiger charge is 2.06. The lowest BCUT2D eigenvalue weighted by Gasteiger charge is -2.11. The summed E-state index contributed by atoms with van der Waals surface area (Å²) in [5.74, 6) is 0. The summed E-state index contributed by atoms with van der Waals surface area (Å²) >= 11 is 0. The van der Waals surface area contributed by atoms with E-state index in [2.05, 4.69) is 5.32 Å². The van der Waals surface area contributed by atoms with Crippen molar-refractivity contribution in [2.45, 2.75) is 0 Å². The molecule has 0 fully saturated rings. The largest absolute Gasteiger partial charge is 0.399 e. The first-order valence-corrected chi connectivity index (χ1v) is 5.34. The van der Waals surface area contributed by atoms with Gasteiger partial charge in [-0.15, -0.1) is 0 Å². The van der Waals surface area contributed by atoms with Crippen molar-refractivity contribution >= 4 is 22.7 Å². The van der Waals surface area contributed by atoms with Crippen LogP contribution in [0.2, 0.25) is 0 Å². The van der Waals surface area contributed by atoms with Gasteiger partial charge in [0.15, 0.2) is 0 Å². The van der Waals surface area contributed by atoms with Gasteiger partial charge in [-0.1, -0.05) is 0 Å². The first-order valence-electron chi connectivity index (χ1n) is 5.34. The van der Waals surface area contributed by atoms with Crippen molar-refractivity contribution in [3.05, 3.63) is 36.4 Å². The topological polar surface area (TPSA) is 90.1 Å². The number of nitrogens with two attached hydrogens (primary N) is 3. The second-order valence-corrected chi connectivity index (χ2v) is 3.94. The monoisotopic (exact) mass is 228 g/mol. The molecule has 0 radical (unpaired) electrons. The Labute approximate surface area is 100 Å². The first kappa shape index (κ1) is 11.1. The summed E-state index contributed by atoms with van der Waals surface area (Å²) in [6.45, 7) is 0. The van der Waals surface area contributed by atoms with Crippen LogP contribution in [0.4, 0.5) is 22.7 Å². The molecule has 2 rings (SSSR count). The van der Waals surface area contributed by atoms with Crippen LogP contribution in [0.3, 0.4) is 0 Å². The van der Waals surface area contributed by atoms with Gasteiger partial charge < -0.3 is 22.5 Å². The van der Waals surface area contributed by atoms with E-state index < -0.39 is 0 Å². The molecule has 2 aromatic carbocycles. The molecule has 17 heavy (non-hydrogen) atoms. The Balaban J connectivity index is 2.62. The Bertz CT molecular complexity index is 529. The summed E-state index contributed by atoms with van der Waals surface area (Å²) in [7, 11) is 1.87. The third kappa shape index (κ3) is 2.25. The Hall–Kier alpha value is -2.36. The van der Waals surface area contributed by atoms with Gasteiger partial charge in [0.05, 0.1) is 0 Å². The highest BCUT2D eigenvalue weighted by atomic mass is 14.8. The molecule has 0 spiro atoms. The zero-order valence-electron chi connectivity index (χ0n) is 9.70. The molecule has 2 aromatic rings. The first-order chi connectivity index (χ1) is 8.10. The predicted molar refractivity (Wildman–Crippen MR) is 74.7 cm³/mol. The fourth-order valence-electron chi connectivity index (χ4n) is 1.85. The van der Waals surface area contributed by atoms with Crippen LogP contribution in [0.1, 0.15) is 0 Å². The molecular formula is C13H16N4. The number of benzene rings is 2. The SMILES string of the molecule is CNc1ccc(N)cc1-c1cc(N)cc(N)c1. The molecule has 7 N–H and O–H groups in total. The standard InChI is InChI=1S/C13H16N4/c1-17-13-3-2-9(14)7-12(13)8-4-10(15)6-11(16)5-8/h2-7,17H,14-16H2,1H3. The fraction of sp³-hybridized carbons (Fsp3) is 0.0769. The number of hydrogen-bond acceptors (Lipinski definition) is 4. The van der Waals surface area contributed by atoms with Crippen molar-refractivity contribution in [2.24, 2.45) is 0 Å². The number of rotatable bonds is 2. The van der Waals surface area contributed by atoms with Crippen molar-refractivity contribution in [2.75, 3.05) is 29.6 Å². The van der Waals surface area contributed by atoms with Crippen LogP contribution in [-0.4, -0.2) is 7.05 Å². The average Bonchev–Trinajstić information content (AvgIpc) is 2.27. The highest BCUT2D eigenvalue weighted by molar-refractivity contribution is 5.83. The van der Waals surface area contributed by atoms with Crippen LogP contribution in [-0.2, 0) is 0 Å². The zero-order chi connectivity index (χ0) is 12.4. The van der Waals surface area contributed by atoms with Gasteiger partial charge in [-0.25, -0.2) is 0 Å². The Morgan fingerprint density at radius 2 is 1.47 bits per heavy atom. The summed E-state index contributed by atoms with van der Waals surface area (Å²) in [6, 6.07) is 11.2. The quantitative estimate of drug-likeness (QED) is 0.593. The summed E-state index contributed by atoms with van der Waals surface area (Å²) in [5.41, 5.74) is 22.3. The van der Waals surface area contributed by atoms with E-state index in [1.165, 1.54) is 0 Å². The molecule has 4 nitrogen and oxygen atoms in total. The van der Waals surface area contributed by atoms with E-state index in [-0.39, 0.29) is 0 Å². The molecular weight excluding hydrogens is 212 g/mol. The summed E-state index contributed by atoms with van der Waals surface area (Å²) in [6.07, 6.45) is 0. The maximum Gasteiger partial charge on any atom is 0.0418 e. The van der Waals surface area contributed by atoms with Crippen molar-refractivity contribution in [3.8, 4) is 11.1 Å². The maximum absolute atomic E-state index is 5.81. The van der Waals surface area contributed by atoms with Crippen LogP contribution in [0.15, 0.2) is 36.4 Å². The summed E-state index contributed by atoms with van der Waals surface area (Å²) in [5, 5.41) is 3.12. The molecule has 0 atom stereocenters. The van der Waals surface area contributed by atoms with Gasteiger partial charge in [0.1, 0.15) is 0 Å². The van der Waals surface area contributed by atoms with E-state index in [0.29, 0.717) is 17.1 Å². The van der Waals surface area contributed by atoms with Gasteiger partial charge in [-0.3, -0.25) is 0 Å². The summed E-state index contributed by atoms with van der Waals surface area (Å²) < 4.78 is 0. The van der Waals surface area contributed by atoms with E-state index in [9.17, 15) is 0 Å². The minimum absolute atomic E-state index is 0.643. The van der Waals surface area contributed by atoms with Crippen LogP contribution in [0.5, 0.6) is 0 Å². The molecule has 0 saturated heterocycles. The van der Waals surface area contributed by atoms with E-state index in [1.807, 2.05) is 37.4 Å². The Morgan fingerprint density at radius 3 is 2.06 bits per heavy atom. The Morgan fingerprint density at radius 1 is 0.824 bits per heavy atom. The fourth-order valence-corrected chi connectivity index (χ4v) is 1.85. The van der Waals surface area contributed by atoms with Gasteiger partial charge >= 0.3 is 0 Å². The van der Waals surface area contributed by atoms with Crippen LogP contribution >= 0.6 is 0 Å². The highest BCUT2D eigenvalue weighted by Crippen LogP contribution is 2.32. The third-order valence-electron chi connectivity index (χ3n) is 2.60. The molecule has 0 saturated carbocycles. The molecule has 0 aliphatic carbocycles. The minimum atomic E-state index is 0.643. The molecule has 0 heterocycles. The van der Waals surface area contributed by atoms with Crippen molar-refractivity contribution < 1.29 is 0 Å². The van der Waals surface area contributed by atoms with Gasteiger partial charge in [0.25, 0.3) is 0 Å².